The molecule has 242 valence electrons. The van der Waals surface area contributed by atoms with Crippen molar-refractivity contribution in [2.24, 2.45) is 0 Å². The van der Waals surface area contributed by atoms with E-state index in [-0.39, 0.29) is 16.9 Å². The lowest BCUT2D eigenvalue weighted by molar-refractivity contribution is -0.115. The second kappa shape index (κ2) is 16.7. The molecule has 0 bridgehead atoms. The van der Waals surface area contributed by atoms with Crippen molar-refractivity contribution >= 4 is 46.9 Å². The Bertz CT molecular complexity index is 1860. The van der Waals surface area contributed by atoms with Gasteiger partial charge in [0.25, 0.3) is 11.8 Å². The van der Waals surface area contributed by atoms with E-state index in [4.69, 9.17) is 9.47 Å². The highest BCUT2D eigenvalue weighted by atomic mass is 32.2. The quantitative estimate of drug-likeness (QED) is 0.0882. The molecule has 48 heavy (non-hydrogen) atoms. The van der Waals surface area contributed by atoms with Crippen molar-refractivity contribution in [3.05, 3.63) is 156 Å². The van der Waals surface area contributed by atoms with Gasteiger partial charge in [0.15, 0.2) is 0 Å². The van der Waals surface area contributed by atoms with Gasteiger partial charge in [-0.3, -0.25) is 14.4 Å². The van der Waals surface area contributed by atoms with Crippen LogP contribution in [0.4, 0.5) is 11.4 Å². The summed E-state index contributed by atoms with van der Waals surface area (Å²) in [4.78, 5) is 40.2. The van der Waals surface area contributed by atoms with Gasteiger partial charge in [0.2, 0.25) is 5.91 Å². The van der Waals surface area contributed by atoms with Crippen LogP contribution < -0.4 is 25.4 Å². The predicted molar refractivity (Wildman–Crippen MR) is 191 cm³/mol. The fraction of sp³-hybridized carbons (Fsp3) is 0.103. The van der Waals surface area contributed by atoms with E-state index in [1.54, 1.807) is 61.7 Å². The highest BCUT2D eigenvalue weighted by Gasteiger charge is 2.17. The van der Waals surface area contributed by atoms with E-state index in [9.17, 15) is 14.4 Å². The first kappa shape index (κ1) is 33.6. The first-order valence-corrected chi connectivity index (χ1v) is 16.1. The van der Waals surface area contributed by atoms with Gasteiger partial charge >= 0.3 is 0 Å². The Labute approximate surface area is 284 Å². The van der Waals surface area contributed by atoms with Gasteiger partial charge in [-0.05, 0) is 84.8 Å². The number of rotatable bonds is 13. The van der Waals surface area contributed by atoms with Crippen LogP contribution in [-0.2, 0) is 16.2 Å². The number of methoxy groups -OCH3 is 1. The molecule has 5 aromatic carbocycles. The van der Waals surface area contributed by atoms with Crippen LogP contribution >= 0.6 is 11.8 Å². The van der Waals surface area contributed by atoms with Crippen molar-refractivity contribution < 1.29 is 23.9 Å². The summed E-state index contributed by atoms with van der Waals surface area (Å²) in [5.41, 5.74) is 3.44. The van der Waals surface area contributed by atoms with Crippen LogP contribution in [0.1, 0.15) is 28.4 Å². The Balaban J connectivity index is 1.24. The van der Waals surface area contributed by atoms with Gasteiger partial charge in [0.05, 0.1) is 12.4 Å². The SMILES string of the molecule is COc1cccc(NC(=O)C(C)Sc2ccc(NC(=O)/C(=C/c3ccc(OCc4ccccc4)cc3)NC(=O)c3ccccc3)cc2)c1. The molecular weight excluding hydrogens is 623 g/mol. The Morgan fingerprint density at radius 3 is 2.10 bits per heavy atom. The van der Waals surface area contributed by atoms with E-state index in [0.717, 1.165) is 10.5 Å². The van der Waals surface area contributed by atoms with Crippen molar-refractivity contribution in [2.75, 3.05) is 17.7 Å². The summed E-state index contributed by atoms with van der Waals surface area (Å²) >= 11 is 1.39. The number of carbonyl (C=O) groups is 3. The molecule has 0 aliphatic heterocycles. The number of nitrogens with one attached hydrogen (secondary N) is 3. The number of anilines is 2. The summed E-state index contributed by atoms with van der Waals surface area (Å²) in [7, 11) is 1.58. The molecule has 0 fully saturated rings. The van der Waals surface area contributed by atoms with Crippen molar-refractivity contribution in [1.82, 2.24) is 5.32 Å². The molecule has 5 aromatic rings. The summed E-state index contributed by atoms with van der Waals surface area (Å²) in [5, 5.41) is 8.16. The van der Waals surface area contributed by atoms with Crippen molar-refractivity contribution in [3.63, 3.8) is 0 Å². The van der Waals surface area contributed by atoms with Crippen LogP contribution in [-0.4, -0.2) is 30.1 Å². The molecule has 0 aromatic heterocycles. The smallest absolute Gasteiger partial charge is 0.272 e. The van der Waals surface area contributed by atoms with Gasteiger partial charge < -0.3 is 25.4 Å². The van der Waals surface area contributed by atoms with Crippen molar-refractivity contribution in [2.45, 2.75) is 23.7 Å². The number of hydrogen-bond donors (Lipinski definition) is 3. The van der Waals surface area contributed by atoms with Gasteiger partial charge in [-0.15, -0.1) is 11.8 Å². The normalized spacial score (nSPS) is 11.6. The standard InChI is InChI=1S/C39H35N3O5S/c1-27(37(43)41-32-14-9-15-34(25-32)46-2)48-35-22-18-31(19-23-35)40-39(45)36(42-38(44)30-12-7-4-8-13-30)24-28-16-20-33(21-17-28)47-26-29-10-5-3-6-11-29/h3-25,27H,26H2,1-2H3,(H,40,45)(H,41,43)(H,42,44)/b36-24-. The molecule has 8 nitrogen and oxygen atoms in total. The molecule has 3 N–H and O–H groups in total. The number of hydrogen-bond acceptors (Lipinski definition) is 6. The van der Waals surface area contributed by atoms with Crippen LogP contribution in [0.15, 0.2) is 144 Å². The van der Waals surface area contributed by atoms with E-state index < -0.39 is 11.8 Å². The maximum Gasteiger partial charge on any atom is 0.272 e. The zero-order valence-electron chi connectivity index (χ0n) is 26.5. The number of thioether (sulfide) groups is 1. The summed E-state index contributed by atoms with van der Waals surface area (Å²) in [5.74, 6) is 0.291. The van der Waals surface area contributed by atoms with Crippen LogP contribution in [0.2, 0.25) is 0 Å². The maximum atomic E-state index is 13.5. The highest BCUT2D eigenvalue weighted by Crippen LogP contribution is 2.27. The van der Waals surface area contributed by atoms with Crippen LogP contribution in [0.25, 0.3) is 6.08 Å². The molecule has 0 spiro atoms. The lowest BCUT2D eigenvalue weighted by Crippen LogP contribution is -2.30. The lowest BCUT2D eigenvalue weighted by Gasteiger charge is -2.14. The number of ether oxygens (including phenoxy) is 2. The third kappa shape index (κ3) is 9.85. The minimum atomic E-state index is -0.491. The monoisotopic (exact) mass is 657 g/mol. The van der Waals surface area contributed by atoms with Gasteiger partial charge in [-0.2, -0.15) is 0 Å². The fourth-order valence-electron chi connectivity index (χ4n) is 4.53. The lowest BCUT2D eigenvalue weighted by atomic mass is 10.1. The summed E-state index contributed by atoms with van der Waals surface area (Å²) in [6, 6.07) is 40.2. The minimum Gasteiger partial charge on any atom is -0.497 e. The topological polar surface area (TPSA) is 106 Å². The van der Waals surface area contributed by atoms with E-state index >= 15 is 0 Å². The predicted octanol–water partition coefficient (Wildman–Crippen LogP) is 7.80. The Morgan fingerprint density at radius 2 is 1.42 bits per heavy atom. The zero-order valence-corrected chi connectivity index (χ0v) is 27.3. The van der Waals surface area contributed by atoms with Gasteiger partial charge in [-0.1, -0.05) is 66.7 Å². The van der Waals surface area contributed by atoms with Crippen molar-refractivity contribution in [3.8, 4) is 11.5 Å². The molecule has 9 heteroatoms. The summed E-state index contributed by atoms with van der Waals surface area (Å²) in [6.07, 6.45) is 1.62. The van der Waals surface area contributed by atoms with Gasteiger partial charge in [0, 0.05) is 27.9 Å². The van der Waals surface area contributed by atoms with Crippen LogP contribution in [0.3, 0.4) is 0 Å². The summed E-state index contributed by atoms with van der Waals surface area (Å²) < 4.78 is 11.1. The second-order valence-electron chi connectivity index (χ2n) is 10.7. The molecular formula is C39H35N3O5S. The average Bonchev–Trinajstić information content (AvgIpc) is 3.12. The molecule has 0 heterocycles. The fourth-order valence-corrected chi connectivity index (χ4v) is 5.40. The molecule has 0 saturated carbocycles. The minimum absolute atomic E-state index is 0.0723. The van der Waals surface area contributed by atoms with Crippen LogP contribution in [0.5, 0.6) is 11.5 Å². The molecule has 3 amide bonds. The average molecular weight is 658 g/mol. The highest BCUT2D eigenvalue weighted by molar-refractivity contribution is 8.00. The first-order valence-electron chi connectivity index (χ1n) is 15.2. The van der Waals surface area contributed by atoms with E-state index in [1.165, 1.54) is 11.8 Å². The Morgan fingerprint density at radius 1 is 0.729 bits per heavy atom. The van der Waals surface area contributed by atoms with Gasteiger partial charge in [-0.25, -0.2) is 0 Å². The molecule has 0 saturated heterocycles. The maximum absolute atomic E-state index is 13.5. The second-order valence-corrected chi connectivity index (χ2v) is 12.1. The number of carbonyl (C=O) groups excluding carboxylic acids is 3. The summed E-state index contributed by atoms with van der Waals surface area (Å²) in [6.45, 7) is 2.26. The Hall–Kier alpha value is -5.80. The third-order valence-corrected chi connectivity index (χ3v) is 8.21. The number of benzene rings is 5. The Kier molecular flexibility index (Phi) is 11.7. The van der Waals surface area contributed by atoms with Crippen LogP contribution in [0, 0.1) is 0 Å². The molecule has 1 atom stereocenters. The molecule has 5 rings (SSSR count). The van der Waals surface area contributed by atoms with E-state index in [1.807, 2.05) is 91.9 Å². The van der Waals surface area contributed by atoms with Gasteiger partial charge in [0.1, 0.15) is 23.8 Å². The molecule has 0 aliphatic rings. The molecule has 0 radical (unpaired) electrons. The first-order chi connectivity index (χ1) is 23.4. The van der Waals surface area contributed by atoms with E-state index in [2.05, 4.69) is 16.0 Å². The zero-order chi connectivity index (χ0) is 33.7. The largest absolute Gasteiger partial charge is 0.497 e. The van der Waals surface area contributed by atoms with E-state index in [0.29, 0.717) is 40.6 Å². The number of amides is 3. The molecule has 0 aliphatic carbocycles. The molecule has 1 unspecified atom stereocenters. The van der Waals surface area contributed by atoms with Crippen molar-refractivity contribution in [1.29, 1.82) is 0 Å². The third-order valence-electron chi connectivity index (χ3n) is 7.10.